The van der Waals surface area contributed by atoms with Gasteiger partial charge in [0, 0.05) is 24.7 Å². The summed E-state index contributed by atoms with van der Waals surface area (Å²) in [6.45, 7) is 2.78. The Hall–Kier alpha value is -1.77. The molecule has 1 aliphatic carbocycles. The number of anilines is 1. The molecule has 102 valence electrons. The van der Waals surface area contributed by atoms with Crippen LogP contribution >= 0.6 is 0 Å². The van der Waals surface area contributed by atoms with E-state index in [0.29, 0.717) is 19.0 Å². The van der Waals surface area contributed by atoms with Gasteiger partial charge in [0.05, 0.1) is 0 Å². The van der Waals surface area contributed by atoms with E-state index in [0.717, 1.165) is 12.8 Å². The highest BCUT2D eigenvalue weighted by Gasteiger charge is 2.18. The molecular weight excluding hydrogens is 236 g/mol. The van der Waals surface area contributed by atoms with Crippen molar-refractivity contribution in [2.24, 2.45) is 5.73 Å². The molecule has 0 saturated heterocycles. The highest BCUT2D eigenvalue weighted by Crippen LogP contribution is 2.24. The summed E-state index contributed by atoms with van der Waals surface area (Å²) in [6.07, 6.45) is 8.41. The average molecular weight is 258 g/mol. The summed E-state index contributed by atoms with van der Waals surface area (Å²) in [5.74, 6) is -0.238. The number of carbonyl (C=O) groups is 1. The van der Waals surface area contributed by atoms with Crippen molar-refractivity contribution >= 4 is 11.6 Å². The van der Waals surface area contributed by atoms with Crippen molar-refractivity contribution in [3.05, 3.63) is 42.0 Å². The SMILES string of the molecule is Cc1cccc(N(CCC(N)=O)C2C=CCCC2)c1. The molecule has 1 unspecified atom stereocenters. The molecule has 2 N–H and O–H groups in total. The third kappa shape index (κ3) is 3.85. The zero-order valence-electron chi connectivity index (χ0n) is 11.5. The molecule has 0 heterocycles. The molecule has 0 fully saturated rings. The Morgan fingerprint density at radius 2 is 2.32 bits per heavy atom. The number of allylic oxidation sites excluding steroid dienone is 1. The maximum atomic E-state index is 11.1. The molecule has 3 heteroatoms. The summed E-state index contributed by atoms with van der Waals surface area (Å²) in [6, 6.07) is 8.82. The summed E-state index contributed by atoms with van der Waals surface area (Å²) in [4.78, 5) is 13.4. The van der Waals surface area contributed by atoms with Crippen molar-refractivity contribution in [1.29, 1.82) is 0 Å². The van der Waals surface area contributed by atoms with E-state index in [1.807, 2.05) is 0 Å². The fourth-order valence-corrected chi connectivity index (χ4v) is 2.58. The minimum absolute atomic E-state index is 0.238. The second-order valence-corrected chi connectivity index (χ2v) is 5.18. The first-order valence-electron chi connectivity index (χ1n) is 6.95. The molecule has 19 heavy (non-hydrogen) atoms. The normalized spacial score (nSPS) is 18.3. The lowest BCUT2D eigenvalue weighted by Crippen LogP contribution is -2.37. The third-order valence-corrected chi connectivity index (χ3v) is 3.56. The van der Waals surface area contributed by atoms with E-state index in [1.54, 1.807) is 0 Å². The lowest BCUT2D eigenvalue weighted by molar-refractivity contribution is -0.117. The third-order valence-electron chi connectivity index (χ3n) is 3.56. The van der Waals surface area contributed by atoms with Crippen molar-refractivity contribution in [3.63, 3.8) is 0 Å². The average Bonchev–Trinajstić information content (AvgIpc) is 2.40. The van der Waals surface area contributed by atoms with Gasteiger partial charge in [-0.25, -0.2) is 0 Å². The first-order valence-corrected chi connectivity index (χ1v) is 6.95. The van der Waals surface area contributed by atoms with Crippen LogP contribution < -0.4 is 10.6 Å². The van der Waals surface area contributed by atoms with E-state index in [1.165, 1.54) is 17.7 Å². The van der Waals surface area contributed by atoms with Crippen LogP contribution in [-0.2, 0) is 4.79 Å². The van der Waals surface area contributed by atoms with Gasteiger partial charge in [-0.2, -0.15) is 0 Å². The lowest BCUT2D eigenvalue weighted by atomic mass is 10.00. The van der Waals surface area contributed by atoms with Crippen LogP contribution in [0.25, 0.3) is 0 Å². The Bertz CT molecular complexity index is 468. The molecule has 1 amide bonds. The largest absolute Gasteiger partial charge is 0.370 e. The van der Waals surface area contributed by atoms with Crippen LogP contribution in [0.1, 0.15) is 31.2 Å². The number of hydrogen-bond donors (Lipinski definition) is 1. The molecule has 1 aromatic carbocycles. The maximum absolute atomic E-state index is 11.1. The molecule has 1 aromatic rings. The number of amides is 1. The van der Waals surface area contributed by atoms with Gasteiger partial charge in [-0.05, 0) is 43.9 Å². The van der Waals surface area contributed by atoms with Crippen molar-refractivity contribution in [3.8, 4) is 0 Å². The molecule has 3 nitrogen and oxygen atoms in total. The van der Waals surface area contributed by atoms with Crippen molar-refractivity contribution in [2.45, 2.75) is 38.6 Å². The quantitative estimate of drug-likeness (QED) is 0.825. The van der Waals surface area contributed by atoms with Gasteiger partial charge in [0.25, 0.3) is 0 Å². The van der Waals surface area contributed by atoms with Gasteiger partial charge >= 0.3 is 0 Å². The molecule has 2 rings (SSSR count). The Labute approximate surface area is 115 Å². The molecule has 0 radical (unpaired) electrons. The Morgan fingerprint density at radius 3 is 2.95 bits per heavy atom. The van der Waals surface area contributed by atoms with Crippen LogP contribution in [0.3, 0.4) is 0 Å². The van der Waals surface area contributed by atoms with Gasteiger partial charge in [-0.3, -0.25) is 4.79 Å². The molecule has 0 spiro atoms. The van der Waals surface area contributed by atoms with E-state index in [4.69, 9.17) is 5.73 Å². The van der Waals surface area contributed by atoms with Gasteiger partial charge in [0.15, 0.2) is 0 Å². The molecule has 0 bridgehead atoms. The number of carbonyl (C=O) groups excluding carboxylic acids is 1. The topological polar surface area (TPSA) is 46.3 Å². The monoisotopic (exact) mass is 258 g/mol. The minimum atomic E-state index is -0.238. The minimum Gasteiger partial charge on any atom is -0.370 e. The van der Waals surface area contributed by atoms with Gasteiger partial charge in [-0.15, -0.1) is 0 Å². The van der Waals surface area contributed by atoms with E-state index in [2.05, 4.69) is 48.2 Å². The van der Waals surface area contributed by atoms with Crippen LogP contribution in [0.5, 0.6) is 0 Å². The van der Waals surface area contributed by atoms with Gasteiger partial charge in [-0.1, -0.05) is 24.3 Å². The number of nitrogens with two attached hydrogens (primary N) is 1. The predicted octanol–water partition coefficient (Wildman–Crippen LogP) is 2.79. The Kier molecular flexibility index (Phi) is 4.61. The van der Waals surface area contributed by atoms with E-state index < -0.39 is 0 Å². The zero-order chi connectivity index (χ0) is 13.7. The van der Waals surface area contributed by atoms with E-state index in [9.17, 15) is 4.79 Å². The highest BCUT2D eigenvalue weighted by atomic mass is 16.1. The number of hydrogen-bond acceptors (Lipinski definition) is 2. The summed E-state index contributed by atoms with van der Waals surface area (Å²) < 4.78 is 0. The molecular formula is C16H22N2O. The summed E-state index contributed by atoms with van der Waals surface area (Å²) in [5, 5.41) is 0. The smallest absolute Gasteiger partial charge is 0.219 e. The standard InChI is InChI=1S/C16H22N2O/c1-13-6-5-9-15(12-13)18(11-10-16(17)19)14-7-3-2-4-8-14/h3,5-7,9,12,14H,2,4,8,10-11H2,1H3,(H2,17,19). The second-order valence-electron chi connectivity index (χ2n) is 5.18. The second kappa shape index (κ2) is 6.41. The van der Waals surface area contributed by atoms with Crippen LogP contribution in [0.4, 0.5) is 5.69 Å². The number of nitrogens with zero attached hydrogens (tertiary/aromatic N) is 1. The molecule has 0 saturated carbocycles. The van der Waals surface area contributed by atoms with Crippen LogP contribution in [0.2, 0.25) is 0 Å². The Morgan fingerprint density at radius 1 is 1.47 bits per heavy atom. The first kappa shape index (κ1) is 13.7. The molecule has 0 aliphatic heterocycles. The lowest BCUT2D eigenvalue weighted by Gasteiger charge is -2.33. The van der Waals surface area contributed by atoms with Crippen molar-refractivity contribution in [1.82, 2.24) is 0 Å². The van der Waals surface area contributed by atoms with E-state index in [-0.39, 0.29) is 5.91 Å². The van der Waals surface area contributed by atoms with Crippen LogP contribution in [-0.4, -0.2) is 18.5 Å². The van der Waals surface area contributed by atoms with Gasteiger partial charge < -0.3 is 10.6 Å². The summed E-state index contributed by atoms with van der Waals surface area (Å²) >= 11 is 0. The zero-order valence-corrected chi connectivity index (χ0v) is 11.5. The predicted molar refractivity (Wildman–Crippen MR) is 79.1 cm³/mol. The fourth-order valence-electron chi connectivity index (χ4n) is 2.58. The van der Waals surface area contributed by atoms with E-state index >= 15 is 0 Å². The van der Waals surface area contributed by atoms with Gasteiger partial charge in [0.1, 0.15) is 0 Å². The van der Waals surface area contributed by atoms with Crippen LogP contribution in [0.15, 0.2) is 36.4 Å². The molecule has 0 aromatic heterocycles. The summed E-state index contributed by atoms with van der Waals surface area (Å²) in [5.41, 5.74) is 7.71. The number of benzene rings is 1. The van der Waals surface area contributed by atoms with Crippen molar-refractivity contribution < 1.29 is 4.79 Å². The Balaban J connectivity index is 2.19. The number of rotatable bonds is 5. The highest BCUT2D eigenvalue weighted by molar-refractivity contribution is 5.74. The molecule has 1 aliphatic rings. The van der Waals surface area contributed by atoms with Gasteiger partial charge in [0.2, 0.25) is 5.91 Å². The number of aryl methyl sites for hydroxylation is 1. The fraction of sp³-hybridized carbons (Fsp3) is 0.438. The maximum Gasteiger partial charge on any atom is 0.219 e. The number of primary amides is 1. The van der Waals surface area contributed by atoms with Crippen LogP contribution in [0, 0.1) is 6.92 Å². The summed E-state index contributed by atoms with van der Waals surface area (Å²) in [7, 11) is 0. The molecule has 1 atom stereocenters. The first-order chi connectivity index (χ1) is 9.16. The van der Waals surface area contributed by atoms with Crippen molar-refractivity contribution in [2.75, 3.05) is 11.4 Å².